The lowest BCUT2D eigenvalue weighted by atomic mass is 9.98. The summed E-state index contributed by atoms with van der Waals surface area (Å²) in [5.74, 6) is -0.449. The van der Waals surface area contributed by atoms with Crippen molar-refractivity contribution in [1.82, 2.24) is 15.0 Å². The number of aromatic hydroxyl groups is 1. The number of aromatic nitrogens is 3. The van der Waals surface area contributed by atoms with Crippen molar-refractivity contribution in [2.24, 2.45) is 0 Å². The molecule has 0 radical (unpaired) electrons. The van der Waals surface area contributed by atoms with Gasteiger partial charge in [-0.2, -0.15) is 9.97 Å². The van der Waals surface area contributed by atoms with Crippen molar-refractivity contribution in [3.05, 3.63) is 28.5 Å². The molecular formula is C23H22ClF3N4O3. The summed E-state index contributed by atoms with van der Waals surface area (Å²) >= 11 is 6.42. The Morgan fingerprint density at radius 1 is 1.26 bits per heavy atom. The zero-order valence-corrected chi connectivity index (χ0v) is 19.2. The van der Waals surface area contributed by atoms with E-state index in [2.05, 4.69) is 15.0 Å². The van der Waals surface area contributed by atoms with Crippen LogP contribution in [-0.2, 0) is 0 Å². The minimum absolute atomic E-state index is 0.0196. The number of halogens is 4. The van der Waals surface area contributed by atoms with E-state index in [0.717, 1.165) is 12.8 Å². The maximum absolute atomic E-state index is 16.1. The summed E-state index contributed by atoms with van der Waals surface area (Å²) in [5.41, 5.74) is 0.888. The molecule has 7 nitrogen and oxygen atoms in total. The summed E-state index contributed by atoms with van der Waals surface area (Å²) in [4.78, 5) is 14.7. The Hall–Kier alpha value is -3.01. The molecule has 11 heteroatoms. The Labute approximate surface area is 198 Å². The Bertz CT molecular complexity index is 1270. The Morgan fingerprint density at radius 2 is 2.03 bits per heavy atom. The number of alkyl halides is 2. The molecule has 1 saturated carbocycles. The predicted octanol–water partition coefficient (Wildman–Crippen LogP) is 5.32. The van der Waals surface area contributed by atoms with Crippen LogP contribution in [0.2, 0.25) is 5.02 Å². The molecule has 0 amide bonds. The summed E-state index contributed by atoms with van der Waals surface area (Å²) in [6, 6.07) is 2.39. The van der Waals surface area contributed by atoms with Gasteiger partial charge < -0.3 is 19.5 Å². The molecule has 5 rings (SSSR count). The van der Waals surface area contributed by atoms with Crippen molar-refractivity contribution < 1.29 is 27.8 Å². The summed E-state index contributed by atoms with van der Waals surface area (Å²) in [7, 11) is 1.34. The van der Waals surface area contributed by atoms with E-state index in [4.69, 9.17) is 21.1 Å². The van der Waals surface area contributed by atoms with Crippen LogP contribution in [0.25, 0.3) is 22.2 Å². The molecule has 0 spiro atoms. The number of hydrogen-bond acceptors (Lipinski definition) is 7. The van der Waals surface area contributed by atoms with Crippen LogP contribution in [0.4, 0.5) is 19.0 Å². The molecule has 3 aromatic rings. The lowest BCUT2D eigenvalue weighted by Gasteiger charge is -2.28. The fraction of sp³-hybridized carbons (Fsp3) is 0.435. The van der Waals surface area contributed by atoms with Crippen molar-refractivity contribution in [1.29, 1.82) is 0 Å². The molecule has 0 saturated heterocycles. The molecule has 1 aliphatic heterocycles. The van der Waals surface area contributed by atoms with Gasteiger partial charge in [-0.25, -0.2) is 18.2 Å². The molecule has 2 aliphatic rings. The van der Waals surface area contributed by atoms with Crippen LogP contribution >= 0.6 is 11.6 Å². The fourth-order valence-electron chi connectivity index (χ4n) is 4.33. The van der Waals surface area contributed by atoms with Crippen molar-refractivity contribution in [2.45, 2.75) is 44.6 Å². The van der Waals surface area contributed by atoms with Crippen LogP contribution in [0.3, 0.4) is 0 Å². The van der Waals surface area contributed by atoms with Gasteiger partial charge in [-0.3, -0.25) is 0 Å². The number of pyridine rings is 1. The third-order valence-corrected chi connectivity index (χ3v) is 6.42. The van der Waals surface area contributed by atoms with Gasteiger partial charge in [-0.1, -0.05) is 11.6 Å². The average Bonchev–Trinajstić information content (AvgIpc) is 3.63. The highest BCUT2D eigenvalue weighted by Gasteiger charge is 2.34. The summed E-state index contributed by atoms with van der Waals surface area (Å²) < 4.78 is 53.2. The van der Waals surface area contributed by atoms with Crippen molar-refractivity contribution >= 4 is 28.3 Å². The predicted molar refractivity (Wildman–Crippen MR) is 121 cm³/mol. The molecule has 1 aromatic carbocycles. The molecular weight excluding hydrogens is 473 g/mol. The van der Waals surface area contributed by atoms with E-state index in [0.29, 0.717) is 16.1 Å². The highest BCUT2D eigenvalue weighted by Crippen LogP contribution is 2.50. The van der Waals surface area contributed by atoms with Crippen molar-refractivity contribution in [3.63, 3.8) is 0 Å². The maximum atomic E-state index is 16.1. The highest BCUT2D eigenvalue weighted by molar-refractivity contribution is 6.32. The molecule has 2 aromatic heterocycles. The third-order valence-electron chi connectivity index (χ3n) is 6.10. The van der Waals surface area contributed by atoms with Gasteiger partial charge in [0, 0.05) is 23.6 Å². The zero-order chi connectivity index (χ0) is 24.1. The normalized spacial score (nSPS) is 17.7. The quantitative estimate of drug-likeness (QED) is 0.497. The van der Waals surface area contributed by atoms with Crippen LogP contribution in [0.15, 0.2) is 12.1 Å². The summed E-state index contributed by atoms with van der Waals surface area (Å²) in [6.07, 6.45) is -1.11. The highest BCUT2D eigenvalue weighted by atomic mass is 35.5. The van der Waals surface area contributed by atoms with Crippen molar-refractivity contribution in [2.75, 3.05) is 25.2 Å². The van der Waals surface area contributed by atoms with E-state index in [1.54, 1.807) is 11.8 Å². The van der Waals surface area contributed by atoms with Gasteiger partial charge in [0.2, 0.25) is 12.3 Å². The Morgan fingerprint density at radius 3 is 2.71 bits per heavy atom. The van der Waals surface area contributed by atoms with Gasteiger partial charge in [-0.05, 0) is 43.4 Å². The monoisotopic (exact) mass is 494 g/mol. The average molecular weight is 495 g/mol. The zero-order valence-electron chi connectivity index (χ0n) is 18.5. The molecule has 1 N–H and O–H groups in total. The van der Waals surface area contributed by atoms with Crippen LogP contribution in [0, 0.1) is 5.82 Å². The minimum atomic E-state index is -2.51. The molecule has 0 bridgehead atoms. The standard InChI is InChI=1S/C23H22ClF3N4O3/c1-10-9-34-22-17-20(29-23(33-2)30-21(17)31(10)6-5-15(25)26)18(27)19(28-22)13-7-12(32)8-14(24)16(13)11-3-4-11/h7-8,10-11,15,32H,3-6,9H2,1-2H3/t10-/m0/s1. The second kappa shape index (κ2) is 8.65. The van der Waals surface area contributed by atoms with E-state index >= 15 is 4.39 Å². The third kappa shape index (κ3) is 3.93. The van der Waals surface area contributed by atoms with Gasteiger partial charge >= 0.3 is 6.01 Å². The Kier molecular flexibility index (Phi) is 5.79. The van der Waals surface area contributed by atoms with E-state index in [9.17, 15) is 13.9 Å². The summed E-state index contributed by atoms with van der Waals surface area (Å²) in [5, 5.41) is 10.7. The molecule has 1 atom stereocenters. The van der Waals surface area contributed by atoms with E-state index in [1.165, 1.54) is 19.2 Å². The lowest BCUT2D eigenvalue weighted by Crippen LogP contribution is -2.38. The van der Waals surface area contributed by atoms with Gasteiger partial charge in [0.05, 0.1) is 13.2 Å². The first-order valence-corrected chi connectivity index (χ1v) is 11.3. The number of phenolic OH excluding ortho intramolecular Hbond substituents is 1. The molecule has 1 fully saturated rings. The van der Waals surface area contributed by atoms with Gasteiger partial charge in [0.25, 0.3) is 0 Å². The number of rotatable bonds is 6. The fourth-order valence-corrected chi connectivity index (χ4v) is 4.70. The number of hydrogen-bond donors (Lipinski definition) is 1. The van der Waals surface area contributed by atoms with Crippen LogP contribution in [0.1, 0.15) is 37.7 Å². The van der Waals surface area contributed by atoms with Gasteiger partial charge in [0.1, 0.15) is 34.8 Å². The maximum Gasteiger partial charge on any atom is 0.318 e. The van der Waals surface area contributed by atoms with Crippen LogP contribution < -0.4 is 14.4 Å². The Balaban J connectivity index is 1.77. The first-order valence-electron chi connectivity index (χ1n) is 10.9. The second-order valence-electron chi connectivity index (χ2n) is 8.53. The molecule has 3 heterocycles. The first kappa shape index (κ1) is 22.8. The van der Waals surface area contributed by atoms with Gasteiger partial charge in [-0.15, -0.1) is 0 Å². The number of nitrogens with zero attached hydrogens (tertiary/aromatic N) is 4. The molecule has 1 aliphatic carbocycles. The molecule has 180 valence electrons. The van der Waals surface area contributed by atoms with E-state index in [-0.39, 0.29) is 65.2 Å². The largest absolute Gasteiger partial charge is 0.508 e. The second-order valence-corrected chi connectivity index (χ2v) is 8.94. The number of phenols is 1. The molecule has 34 heavy (non-hydrogen) atoms. The van der Waals surface area contributed by atoms with Crippen molar-refractivity contribution in [3.8, 4) is 28.9 Å². The van der Waals surface area contributed by atoms with E-state index in [1.807, 2.05) is 0 Å². The topological polar surface area (TPSA) is 80.6 Å². The minimum Gasteiger partial charge on any atom is -0.508 e. The number of anilines is 1. The number of benzene rings is 1. The van der Waals surface area contributed by atoms with Gasteiger partial charge in [0.15, 0.2) is 5.82 Å². The SMILES string of the molecule is COc1nc2c3c(nc(-c4cc(O)cc(Cl)c4C4CC4)c(F)c3n1)OC[C@H](C)N2CCC(F)F. The number of methoxy groups -OCH3 is 1. The lowest BCUT2D eigenvalue weighted by molar-refractivity contribution is 0.138. The smallest absolute Gasteiger partial charge is 0.318 e. The number of ether oxygens (including phenoxy) is 2. The van der Waals surface area contributed by atoms with Crippen LogP contribution in [-0.4, -0.2) is 52.8 Å². The molecule has 0 unspecified atom stereocenters. The van der Waals surface area contributed by atoms with Crippen LogP contribution in [0.5, 0.6) is 17.6 Å². The first-order chi connectivity index (χ1) is 16.3. The summed E-state index contributed by atoms with van der Waals surface area (Å²) in [6.45, 7) is 1.90. The van der Waals surface area contributed by atoms with E-state index < -0.39 is 18.7 Å².